The van der Waals surface area contributed by atoms with Crippen molar-refractivity contribution in [1.82, 2.24) is 5.32 Å². The molecule has 1 aliphatic rings. The van der Waals surface area contributed by atoms with Crippen LogP contribution in [0, 0.1) is 0 Å². The number of carbonyl (C=O) groups is 1. The molecule has 7 heteroatoms. The first kappa shape index (κ1) is 14.8. The first-order valence-electron chi connectivity index (χ1n) is 6.34. The molecule has 0 spiro atoms. The number of aromatic carboxylic acids is 1. The van der Waals surface area contributed by atoms with E-state index in [0.717, 1.165) is 5.56 Å². The van der Waals surface area contributed by atoms with Crippen LogP contribution in [0.5, 0.6) is 0 Å². The second kappa shape index (κ2) is 5.96. The summed E-state index contributed by atoms with van der Waals surface area (Å²) in [6, 6.07) is 10.0. The highest BCUT2D eigenvalue weighted by molar-refractivity contribution is 8.26. The molecule has 22 heavy (non-hydrogen) atoms. The molecule has 1 aromatic heterocycles. The van der Waals surface area contributed by atoms with Gasteiger partial charge in [-0.2, -0.15) is 0 Å². The fourth-order valence-corrected chi connectivity index (χ4v) is 3.12. The lowest BCUT2D eigenvalue weighted by Gasteiger charge is -2.01. The number of thioether (sulfide) groups is 1. The molecule has 1 atom stereocenters. The molecule has 1 saturated heterocycles. The second-order valence-electron chi connectivity index (χ2n) is 4.57. The van der Waals surface area contributed by atoms with Crippen LogP contribution in [0.25, 0.3) is 17.4 Å². The molecule has 112 valence electrons. The van der Waals surface area contributed by atoms with E-state index in [1.807, 2.05) is 0 Å². The minimum absolute atomic E-state index is 0.225. The molecule has 2 aromatic rings. The van der Waals surface area contributed by atoms with Crippen LogP contribution in [0.1, 0.15) is 16.1 Å². The van der Waals surface area contributed by atoms with Crippen molar-refractivity contribution in [2.24, 2.45) is 0 Å². The average molecular weight is 333 g/mol. The normalized spacial score (nSPS) is 19.4. The average Bonchev–Trinajstić information content (AvgIpc) is 3.06. The van der Waals surface area contributed by atoms with Crippen LogP contribution in [0.4, 0.5) is 0 Å². The Balaban J connectivity index is 1.83. The molecule has 2 heterocycles. The summed E-state index contributed by atoms with van der Waals surface area (Å²) >= 11 is 6.26. The highest BCUT2D eigenvalue weighted by Crippen LogP contribution is 2.30. The van der Waals surface area contributed by atoms with Crippen molar-refractivity contribution < 1.29 is 19.4 Å². The molecule has 3 N–H and O–H groups in total. The lowest BCUT2D eigenvalue weighted by atomic mass is 10.1. The van der Waals surface area contributed by atoms with Crippen molar-refractivity contribution in [2.75, 3.05) is 0 Å². The van der Waals surface area contributed by atoms with Crippen molar-refractivity contribution in [1.29, 1.82) is 0 Å². The highest BCUT2D eigenvalue weighted by atomic mass is 32.2. The first-order chi connectivity index (χ1) is 10.5. The van der Waals surface area contributed by atoms with Crippen LogP contribution in [-0.2, 0) is 0 Å². The Morgan fingerprint density at radius 2 is 2.00 bits per heavy atom. The molecule has 1 aromatic carbocycles. The van der Waals surface area contributed by atoms with Gasteiger partial charge >= 0.3 is 5.97 Å². The molecule has 0 aliphatic carbocycles. The smallest absolute Gasteiger partial charge is 0.335 e. The lowest BCUT2D eigenvalue weighted by Crippen LogP contribution is -2.23. The van der Waals surface area contributed by atoms with E-state index in [9.17, 15) is 9.90 Å². The summed E-state index contributed by atoms with van der Waals surface area (Å²) in [5.74, 6) is 0.245. The van der Waals surface area contributed by atoms with E-state index in [1.165, 1.54) is 23.9 Å². The number of hydrogen-bond acceptors (Lipinski definition) is 5. The van der Waals surface area contributed by atoms with Crippen molar-refractivity contribution in [3.63, 3.8) is 0 Å². The fourth-order valence-electron chi connectivity index (χ4n) is 1.99. The van der Waals surface area contributed by atoms with E-state index in [4.69, 9.17) is 21.7 Å². The summed E-state index contributed by atoms with van der Waals surface area (Å²) in [7, 11) is 0. The van der Waals surface area contributed by atoms with Crippen molar-refractivity contribution in [3.8, 4) is 11.3 Å². The third kappa shape index (κ3) is 3.06. The Labute approximate surface area is 135 Å². The standard InChI is InChI=1S/C15H11NO4S2/c17-13-12(22-15(21)16-13)7-10-5-6-11(20-10)8-1-3-9(4-2-8)14(18)19/h1-7,13,17H,(H,16,21)(H,18,19)/b12-7-. The van der Waals surface area contributed by atoms with Crippen LogP contribution in [0.3, 0.4) is 0 Å². The molecule has 0 radical (unpaired) electrons. The third-order valence-corrected chi connectivity index (χ3v) is 4.31. The Bertz CT molecular complexity index is 764. The van der Waals surface area contributed by atoms with Crippen LogP contribution in [0.15, 0.2) is 45.7 Å². The van der Waals surface area contributed by atoms with E-state index in [2.05, 4.69) is 5.32 Å². The van der Waals surface area contributed by atoms with Crippen molar-refractivity contribution in [3.05, 3.63) is 52.6 Å². The summed E-state index contributed by atoms with van der Waals surface area (Å²) in [6.45, 7) is 0. The number of furan rings is 1. The Morgan fingerprint density at radius 3 is 2.59 bits per heavy atom. The summed E-state index contributed by atoms with van der Waals surface area (Å²) in [5.41, 5.74) is 1.01. The minimum atomic E-state index is -0.966. The molecule has 1 fully saturated rings. The SMILES string of the molecule is O=C(O)c1ccc(-c2ccc(/C=C3\SC(=S)NC3O)o2)cc1. The number of aliphatic hydroxyl groups excluding tert-OH is 1. The Hall–Kier alpha value is -2.09. The molecule has 5 nitrogen and oxygen atoms in total. The van der Waals surface area contributed by atoms with Gasteiger partial charge in [0.15, 0.2) is 6.23 Å². The Morgan fingerprint density at radius 1 is 1.27 bits per heavy atom. The van der Waals surface area contributed by atoms with Gasteiger partial charge in [0.1, 0.15) is 15.8 Å². The van der Waals surface area contributed by atoms with Crippen molar-refractivity contribution >= 4 is 40.3 Å². The molecule has 1 aliphatic heterocycles. The van der Waals surface area contributed by atoms with Gasteiger partial charge in [-0.05, 0) is 30.3 Å². The van der Waals surface area contributed by atoms with Gasteiger partial charge in [-0.3, -0.25) is 0 Å². The molecule has 0 saturated carbocycles. The maximum atomic E-state index is 10.8. The van der Waals surface area contributed by atoms with Gasteiger partial charge in [-0.15, -0.1) is 0 Å². The van der Waals surface area contributed by atoms with Crippen LogP contribution >= 0.6 is 24.0 Å². The first-order valence-corrected chi connectivity index (χ1v) is 7.57. The van der Waals surface area contributed by atoms with E-state index in [1.54, 1.807) is 30.3 Å². The predicted octanol–water partition coefficient (Wildman–Crippen LogP) is 2.93. The summed E-state index contributed by atoms with van der Waals surface area (Å²) in [4.78, 5) is 11.5. The van der Waals surface area contributed by atoms with Crippen LogP contribution in [-0.4, -0.2) is 26.7 Å². The number of rotatable bonds is 3. The number of carboxylic acid groups (broad SMARTS) is 1. The van der Waals surface area contributed by atoms with Crippen LogP contribution < -0.4 is 5.32 Å². The quantitative estimate of drug-likeness (QED) is 0.745. The largest absolute Gasteiger partial charge is 0.478 e. The zero-order valence-corrected chi connectivity index (χ0v) is 12.8. The van der Waals surface area contributed by atoms with E-state index < -0.39 is 12.2 Å². The van der Waals surface area contributed by atoms with Gasteiger partial charge < -0.3 is 19.9 Å². The number of nitrogens with one attached hydrogen (secondary N) is 1. The number of carboxylic acids is 1. The summed E-state index contributed by atoms with van der Waals surface area (Å²) in [6.07, 6.45) is 0.914. The third-order valence-electron chi connectivity index (χ3n) is 3.06. The van der Waals surface area contributed by atoms with Crippen molar-refractivity contribution in [2.45, 2.75) is 6.23 Å². The predicted molar refractivity (Wildman–Crippen MR) is 88.4 cm³/mol. The topological polar surface area (TPSA) is 82.7 Å². The van der Waals surface area contributed by atoms with Gasteiger partial charge in [0.05, 0.1) is 5.56 Å². The van der Waals surface area contributed by atoms with Gasteiger partial charge in [0.2, 0.25) is 0 Å². The van der Waals surface area contributed by atoms with Gasteiger partial charge in [0.25, 0.3) is 0 Å². The Kier molecular flexibility index (Phi) is 4.02. The van der Waals surface area contributed by atoms with E-state index in [-0.39, 0.29) is 5.56 Å². The second-order valence-corrected chi connectivity index (χ2v) is 6.32. The van der Waals surface area contributed by atoms with E-state index >= 15 is 0 Å². The number of aliphatic hydroxyl groups is 1. The zero-order chi connectivity index (χ0) is 15.7. The van der Waals surface area contributed by atoms with Gasteiger partial charge in [-0.25, -0.2) is 4.79 Å². The molecular weight excluding hydrogens is 322 g/mol. The fraction of sp³-hybridized carbons (Fsp3) is 0.0667. The summed E-state index contributed by atoms with van der Waals surface area (Å²) in [5, 5.41) is 21.4. The van der Waals surface area contributed by atoms with Crippen LogP contribution in [0.2, 0.25) is 0 Å². The number of hydrogen-bond donors (Lipinski definition) is 3. The lowest BCUT2D eigenvalue weighted by molar-refractivity contribution is 0.0697. The van der Waals surface area contributed by atoms with Gasteiger partial charge in [-0.1, -0.05) is 36.1 Å². The molecule has 3 rings (SSSR count). The summed E-state index contributed by atoms with van der Waals surface area (Å²) < 4.78 is 6.22. The zero-order valence-electron chi connectivity index (χ0n) is 11.1. The maximum Gasteiger partial charge on any atom is 0.335 e. The monoisotopic (exact) mass is 333 g/mol. The molecular formula is C15H11NO4S2. The number of benzene rings is 1. The molecule has 0 amide bonds. The minimum Gasteiger partial charge on any atom is -0.478 e. The highest BCUT2D eigenvalue weighted by Gasteiger charge is 2.22. The number of thiocarbonyl (C=S) groups is 1. The molecule has 1 unspecified atom stereocenters. The molecule has 0 bridgehead atoms. The maximum absolute atomic E-state index is 10.8. The van der Waals surface area contributed by atoms with Gasteiger partial charge in [0, 0.05) is 10.5 Å². The van der Waals surface area contributed by atoms with E-state index in [0.29, 0.717) is 20.7 Å².